The fourth-order valence-electron chi connectivity index (χ4n) is 2.44. The quantitative estimate of drug-likeness (QED) is 0.893. The van der Waals surface area contributed by atoms with Crippen LogP contribution >= 0.6 is 11.3 Å². The molecule has 112 valence electrons. The highest BCUT2D eigenvalue weighted by molar-refractivity contribution is 7.12. The van der Waals surface area contributed by atoms with Gasteiger partial charge in [-0.15, -0.1) is 11.3 Å². The van der Waals surface area contributed by atoms with Gasteiger partial charge in [0, 0.05) is 13.0 Å². The van der Waals surface area contributed by atoms with Crippen LogP contribution in [0, 0.1) is 6.92 Å². The maximum atomic E-state index is 12.2. The number of aromatic nitrogens is 4. The molecule has 0 spiro atoms. The molecule has 0 atom stereocenters. The minimum absolute atomic E-state index is 0.178. The van der Waals surface area contributed by atoms with Crippen molar-refractivity contribution >= 4 is 23.2 Å². The Kier molecular flexibility index (Phi) is 3.98. The second-order valence-corrected chi connectivity index (χ2v) is 6.02. The molecule has 0 saturated carbocycles. The molecule has 0 unspecified atom stereocenters. The summed E-state index contributed by atoms with van der Waals surface area (Å²) in [6, 6.07) is 0. The molecular weight excluding hydrogens is 288 g/mol. The van der Waals surface area contributed by atoms with E-state index in [0.29, 0.717) is 16.7 Å². The van der Waals surface area contributed by atoms with Crippen molar-refractivity contribution in [3.8, 4) is 0 Å². The van der Waals surface area contributed by atoms with Crippen LogP contribution in [0.15, 0.2) is 5.51 Å². The van der Waals surface area contributed by atoms with Gasteiger partial charge < -0.3 is 5.32 Å². The second kappa shape index (κ2) is 5.90. The Morgan fingerprint density at radius 2 is 2.24 bits per heavy atom. The summed E-state index contributed by atoms with van der Waals surface area (Å²) >= 11 is 1.33. The smallest absolute Gasteiger partial charge is 0.270 e. The van der Waals surface area contributed by atoms with Crippen LogP contribution in [0.4, 0.5) is 5.95 Å². The summed E-state index contributed by atoms with van der Waals surface area (Å²) in [6.07, 6.45) is 2.07. The number of hydrogen-bond acceptors (Lipinski definition) is 6. The van der Waals surface area contributed by atoms with E-state index in [1.54, 1.807) is 17.2 Å². The van der Waals surface area contributed by atoms with Gasteiger partial charge in [0.05, 0.1) is 11.2 Å². The first-order valence-corrected chi connectivity index (χ1v) is 7.86. The van der Waals surface area contributed by atoms with Gasteiger partial charge in [-0.1, -0.05) is 0 Å². The Balaban J connectivity index is 1.75. The molecule has 21 heavy (non-hydrogen) atoms. The minimum Gasteiger partial charge on any atom is -0.317 e. The number of carbonyl (C=O) groups is 1. The van der Waals surface area contributed by atoms with Crippen molar-refractivity contribution in [1.82, 2.24) is 25.1 Å². The lowest BCUT2D eigenvalue weighted by atomic mass is 9.98. The van der Waals surface area contributed by atoms with E-state index in [1.165, 1.54) is 11.3 Å². The van der Waals surface area contributed by atoms with Crippen molar-refractivity contribution in [1.29, 1.82) is 0 Å². The maximum Gasteiger partial charge on any atom is 0.270 e. The Morgan fingerprint density at radius 3 is 2.90 bits per heavy atom. The third-order valence-electron chi connectivity index (χ3n) is 3.66. The Hall–Kier alpha value is -1.80. The third kappa shape index (κ3) is 2.96. The second-order valence-electron chi connectivity index (χ2n) is 5.16. The molecule has 1 aliphatic rings. The van der Waals surface area contributed by atoms with Crippen molar-refractivity contribution in [3.63, 3.8) is 0 Å². The highest BCUT2D eigenvalue weighted by Crippen LogP contribution is 2.23. The molecule has 0 radical (unpaired) electrons. The van der Waals surface area contributed by atoms with Crippen LogP contribution in [0.2, 0.25) is 0 Å². The van der Waals surface area contributed by atoms with Gasteiger partial charge in [0.25, 0.3) is 5.91 Å². The number of hydrogen-bond donors (Lipinski definition) is 2. The number of rotatable bonds is 3. The molecule has 1 amide bonds. The summed E-state index contributed by atoms with van der Waals surface area (Å²) in [5, 5.41) is 10.6. The number of aryl methyl sites for hydroxylation is 2. The first-order valence-electron chi connectivity index (χ1n) is 6.98. The molecule has 1 aliphatic heterocycles. The van der Waals surface area contributed by atoms with Gasteiger partial charge in [0.15, 0.2) is 5.82 Å². The first-order chi connectivity index (χ1) is 10.1. The third-order valence-corrected chi connectivity index (χ3v) is 4.59. The molecule has 3 rings (SSSR count). The van der Waals surface area contributed by atoms with Gasteiger partial charge >= 0.3 is 0 Å². The number of nitrogens with zero attached hydrogens (tertiary/aromatic N) is 4. The van der Waals surface area contributed by atoms with Crippen LogP contribution in [0.25, 0.3) is 0 Å². The van der Waals surface area contributed by atoms with E-state index < -0.39 is 0 Å². The van der Waals surface area contributed by atoms with Crippen molar-refractivity contribution in [2.24, 2.45) is 7.05 Å². The van der Waals surface area contributed by atoms with Crippen LogP contribution < -0.4 is 10.6 Å². The normalized spacial score (nSPS) is 16.1. The largest absolute Gasteiger partial charge is 0.317 e. The van der Waals surface area contributed by atoms with Crippen molar-refractivity contribution in [3.05, 3.63) is 21.9 Å². The maximum absolute atomic E-state index is 12.2. The zero-order chi connectivity index (χ0) is 14.8. The predicted octanol–water partition coefficient (Wildman–Crippen LogP) is 1.30. The van der Waals surface area contributed by atoms with Gasteiger partial charge in [0.1, 0.15) is 4.88 Å². The van der Waals surface area contributed by atoms with Crippen molar-refractivity contribution < 1.29 is 4.79 Å². The summed E-state index contributed by atoms with van der Waals surface area (Å²) in [7, 11) is 1.80. The molecule has 3 heterocycles. The topological polar surface area (TPSA) is 84.7 Å². The molecule has 2 aromatic heterocycles. The zero-order valence-corrected chi connectivity index (χ0v) is 12.9. The number of nitrogens with one attached hydrogen (secondary N) is 2. The molecule has 7 nitrogen and oxygen atoms in total. The van der Waals surface area contributed by atoms with Crippen molar-refractivity contribution in [2.45, 2.75) is 25.7 Å². The van der Waals surface area contributed by atoms with Crippen LogP contribution in [0.5, 0.6) is 0 Å². The summed E-state index contributed by atoms with van der Waals surface area (Å²) in [5.74, 6) is 1.49. The van der Waals surface area contributed by atoms with Gasteiger partial charge in [0.2, 0.25) is 5.95 Å². The van der Waals surface area contributed by atoms with Crippen LogP contribution in [-0.2, 0) is 7.05 Å². The fraction of sp³-hybridized carbons (Fsp3) is 0.538. The van der Waals surface area contributed by atoms with Crippen LogP contribution in [-0.4, -0.2) is 38.7 Å². The summed E-state index contributed by atoms with van der Waals surface area (Å²) in [6.45, 7) is 3.80. The molecule has 1 saturated heterocycles. The fourth-order valence-corrected chi connectivity index (χ4v) is 3.14. The molecule has 2 N–H and O–H groups in total. The zero-order valence-electron chi connectivity index (χ0n) is 12.1. The van der Waals surface area contributed by atoms with E-state index in [2.05, 4.69) is 25.7 Å². The highest BCUT2D eigenvalue weighted by atomic mass is 32.1. The van der Waals surface area contributed by atoms with Gasteiger partial charge in [-0.05, 0) is 32.9 Å². The monoisotopic (exact) mass is 306 g/mol. The SMILES string of the molecule is Cc1ncsc1C(=O)Nc1nc(C2CCNCC2)nn1C. The summed E-state index contributed by atoms with van der Waals surface area (Å²) in [5.41, 5.74) is 2.40. The average molecular weight is 306 g/mol. The summed E-state index contributed by atoms with van der Waals surface area (Å²) < 4.78 is 1.63. The standard InChI is InChI=1S/C13H18N6OS/c1-8-10(21-7-15-8)12(20)17-13-16-11(18-19(13)2)9-3-5-14-6-4-9/h7,9,14H,3-6H2,1-2H3,(H,16,17,18,20). The van der Waals surface area contributed by atoms with E-state index in [-0.39, 0.29) is 5.91 Å². The Morgan fingerprint density at radius 1 is 1.48 bits per heavy atom. The van der Waals surface area contributed by atoms with E-state index >= 15 is 0 Å². The Labute approximate surface area is 126 Å². The van der Waals surface area contributed by atoms with Crippen molar-refractivity contribution in [2.75, 3.05) is 18.4 Å². The lowest BCUT2D eigenvalue weighted by molar-refractivity contribution is 0.102. The van der Waals surface area contributed by atoms with E-state index in [4.69, 9.17) is 0 Å². The molecule has 2 aromatic rings. The van der Waals surface area contributed by atoms with Gasteiger partial charge in [-0.25, -0.2) is 9.67 Å². The predicted molar refractivity (Wildman–Crippen MR) is 80.7 cm³/mol. The lowest BCUT2D eigenvalue weighted by Crippen LogP contribution is -2.27. The van der Waals surface area contributed by atoms with E-state index in [9.17, 15) is 4.79 Å². The van der Waals surface area contributed by atoms with Gasteiger partial charge in [-0.3, -0.25) is 10.1 Å². The average Bonchev–Trinajstić information content (AvgIpc) is 3.07. The summed E-state index contributed by atoms with van der Waals surface area (Å²) in [4.78, 5) is 21.4. The molecule has 1 fully saturated rings. The number of piperidine rings is 1. The number of carbonyl (C=O) groups excluding carboxylic acids is 1. The van der Waals surface area contributed by atoms with E-state index in [0.717, 1.165) is 37.4 Å². The molecule has 0 aliphatic carbocycles. The van der Waals surface area contributed by atoms with Gasteiger partial charge in [-0.2, -0.15) is 10.1 Å². The first kappa shape index (κ1) is 14.2. The highest BCUT2D eigenvalue weighted by Gasteiger charge is 2.22. The number of amides is 1. The lowest BCUT2D eigenvalue weighted by Gasteiger charge is -2.19. The molecule has 0 aromatic carbocycles. The molecule has 0 bridgehead atoms. The number of anilines is 1. The molecular formula is C13H18N6OS. The molecule has 8 heteroatoms. The number of thiazole rings is 1. The minimum atomic E-state index is -0.178. The van der Waals surface area contributed by atoms with Crippen LogP contribution in [0.3, 0.4) is 0 Å². The van der Waals surface area contributed by atoms with Crippen LogP contribution in [0.1, 0.15) is 39.9 Å². The Bertz CT molecular complexity index is 643. The van der Waals surface area contributed by atoms with E-state index in [1.807, 2.05) is 6.92 Å².